The molecule has 0 aliphatic heterocycles. The molecule has 0 heterocycles. The van der Waals surface area contributed by atoms with Crippen molar-refractivity contribution in [3.8, 4) is 11.5 Å². The number of allylic oxidation sites excluding steroid dienone is 1. The Balaban J connectivity index is 1.75. The van der Waals surface area contributed by atoms with Crippen LogP contribution in [0.2, 0.25) is 0 Å². The van der Waals surface area contributed by atoms with Crippen LogP contribution in [0, 0.1) is 0 Å². The lowest BCUT2D eigenvalue weighted by Gasteiger charge is -2.09. The van der Waals surface area contributed by atoms with E-state index in [4.69, 9.17) is 14.2 Å². The molecule has 172 valence electrons. The molecule has 0 amide bonds. The predicted molar refractivity (Wildman–Crippen MR) is 103 cm³/mol. The van der Waals surface area contributed by atoms with E-state index in [2.05, 4.69) is 0 Å². The van der Waals surface area contributed by atoms with Crippen molar-refractivity contribution < 1.29 is 45.8 Å². The summed E-state index contributed by atoms with van der Waals surface area (Å²) in [5, 5.41) is 0. The van der Waals surface area contributed by atoms with E-state index in [1.165, 1.54) is 31.2 Å². The highest BCUT2D eigenvalue weighted by atomic mass is 19.4. The number of hydrogen-bond donors (Lipinski definition) is 0. The van der Waals surface area contributed by atoms with Crippen LogP contribution in [0.4, 0.5) is 22.0 Å². The second-order valence-electron chi connectivity index (χ2n) is 6.55. The number of benzene rings is 2. The molecule has 0 aliphatic rings. The Morgan fingerprint density at radius 2 is 1.44 bits per heavy atom. The van der Waals surface area contributed by atoms with Gasteiger partial charge in [0.05, 0.1) is 11.1 Å². The monoisotopic (exact) mass is 458 g/mol. The van der Waals surface area contributed by atoms with Crippen molar-refractivity contribution in [2.45, 2.75) is 25.9 Å². The van der Waals surface area contributed by atoms with Gasteiger partial charge < -0.3 is 14.2 Å². The van der Waals surface area contributed by atoms with E-state index in [1.807, 2.05) is 0 Å². The highest BCUT2D eigenvalue weighted by molar-refractivity contribution is 5.91. The van der Waals surface area contributed by atoms with E-state index in [1.54, 1.807) is 0 Å². The second kappa shape index (κ2) is 11.3. The minimum atomic E-state index is -4.50. The average Bonchev–Trinajstić information content (AvgIpc) is 2.75. The number of esters is 2. The molecular weight excluding hydrogens is 439 g/mol. The Labute approximate surface area is 180 Å². The number of hydrogen-bond acceptors (Lipinski definition) is 5. The molecule has 0 saturated heterocycles. The number of ether oxygens (including phenoxy) is 3. The standard InChI is InChI=1S/C22H19F5O5/c1-14(20(23)24)2-11-19(28)31-13-12-30-17-7-9-18(10-8-17)32-21(29)15-3-5-16(6-4-15)22(25,26)27/h3-10H,2,11-13H2,1H3. The quantitative estimate of drug-likeness (QED) is 0.206. The van der Waals surface area contributed by atoms with E-state index in [-0.39, 0.29) is 42.9 Å². The fourth-order valence-electron chi connectivity index (χ4n) is 2.34. The summed E-state index contributed by atoms with van der Waals surface area (Å²) in [6, 6.07) is 9.43. The molecule has 32 heavy (non-hydrogen) atoms. The molecular formula is C22H19F5O5. The van der Waals surface area contributed by atoms with Crippen molar-refractivity contribution in [2.24, 2.45) is 0 Å². The van der Waals surface area contributed by atoms with Crippen LogP contribution in [0.15, 0.2) is 60.2 Å². The summed E-state index contributed by atoms with van der Waals surface area (Å²) in [6.45, 7) is 1.17. The molecule has 10 heteroatoms. The van der Waals surface area contributed by atoms with Gasteiger partial charge in [0.1, 0.15) is 24.7 Å². The van der Waals surface area contributed by atoms with E-state index < -0.39 is 29.8 Å². The molecule has 0 radical (unpaired) electrons. The van der Waals surface area contributed by atoms with E-state index >= 15 is 0 Å². The Kier molecular flexibility index (Phi) is 8.74. The van der Waals surface area contributed by atoms with Crippen LogP contribution < -0.4 is 9.47 Å². The van der Waals surface area contributed by atoms with Crippen molar-refractivity contribution in [3.05, 3.63) is 71.3 Å². The van der Waals surface area contributed by atoms with Crippen LogP contribution in [-0.2, 0) is 15.7 Å². The maximum absolute atomic E-state index is 12.6. The van der Waals surface area contributed by atoms with Crippen molar-refractivity contribution in [2.75, 3.05) is 13.2 Å². The molecule has 0 atom stereocenters. The molecule has 2 aromatic rings. The SMILES string of the molecule is CC(CCC(=O)OCCOc1ccc(OC(=O)c2ccc(C(F)(F)F)cc2)cc1)=C(F)F. The van der Waals surface area contributed by atoms with E-state index in [9.17, 15) is 31.5 Å². The van der Waals surface area contributed by atoms with Crippen LogP contribution in [-0.4, -0.2) is 25.2 Å². The topological polar surface area (TPSA) is 61.8 Å². The highest BCUT2D eigenvalue weighted by Gasteiger charge is 2.30. The van der Waals surface area contributed by atoms with Gasteiger partial charge in [-0.15, -0.1) is 0 Å². The summed E-state index contributed by atoms with van der Waals surface area (Å²) >= 11 is 0. The Hall–Kier alpha value is -3.43. The van der Waals surface area contributed by atoms with Gasteiger partial charge >= 0.3 is 18.1 Å². The molecule has 0 bridgehead atoms. The Morgan fingerprint density at radius 1 is 0.844 bits per heavy atom. The summed E-state index contributed by atoms with van der Waals surface area (Å²) in [5.41, 5.74) is -1.08. The van der Waals surface area contributed by atoms with Crippen LogP contribution in [0.1, 0.15) is 35.7 Å². The van der Waals surface area contributed by atoms with Crippen LogP contribution >= 0.6 is 0 Å². The number of rotatable bonds is 9. The van der Waals surface area contributed by atoms with Crippen molar-refractivity contribution in [3.63, 3.8) is 0 Å². The first-order valence-corrected chi connectivity index (χ1v) is 9.35. The zero-order chi connectivity index (χ0) is 23.7. The number of alkyl halides is 3. The number of halogens is 5. The van der Waals surface area contributed by atoms with Gasteiger partial charge in [-0.25, -0.2) is 4.79 Å². The first kappa shape index (κ1) is 24.8. The van der Waals surface area contributed by atoms with Gasteiger partial charge in [-0.2, -0.15) is 22.0 Å². The summed E-state index contributed by atoms with van der Waals surface area (Å²) < 4.78 is 77.5. The molecule has 0 saturated carbocycles. The van der Waals surface area contributed by atoms with Crippen molar-refractivity contribution in [1.29, 1.82) is 0 Å². The third-order valence-corrected chi connectivity index (χ3v) is 4.12. The Morgan fingerprint density at radius 3 is 2.00 bits per heavy atom. The lowest BCUT2D eigenvalue weighted by molar-refractivity contribution is -0.144. The summed E-state index contributed by atoms with van der Waals surface area (Å²) in [5.74, 6) is -0.914. The van der Waals surface area contributed by atoms with Gasteiger partial charge in [-0.1, -0.05) is 0 Å². The second-order valence-corrected chi connectivity index (χ2v) is 6.55. The molecule has 0 spiro atoms. The molecule has 2 rings (SSSR count). The summed E-state index contributed by atoms with van der Waals surface area (Å²) in [6.07, 6.45) is -6.56. The summed E-state index contributed by atoms with van der Waals surface area (Å²) in [7, 11) is 0. The summed E-state index contributed by atoms with van der Waals surface area (Å²) in [4.78, 5) is 23.5. The van der Waals surface area contributed by atoms with Gasteiger partial charge in [0, 0.05) is 6.42 Å². The van der Waals surface area contributed by atoms with Crippen molar-refractivity contribution >= 4 is 11.9 Å². The predicted octanol–water partition coefficient (Wildman–Crippen LogP) is 5.80. The highest BCUT2D eigenvalue weighted by Crippen LogP contribution is 2.29. The largest absolute Gasteiger partial charge is 0.490 e. The first-order chi connectivity index (χ1) is 15.1. The number of carbonyl (C=O) groups excluding carboxylic acids is 2. The smallest absolute Gasteiger partial charge is 0.416 e. The van der Waals surface area contributed by atoms with E-state index in [0.29, 0.717) is 5.75 Å². The lowest BCUT2D eigenvalue weighted by Crippen LogP contribution is -2.12. The minimum Gasteiger partial charge on any atom is -0.490 e. The normalized spacial score (nSPS) is 10.9. The van der Waals surface area contributed by atoms with E-state index in [0.717, 1.165) is 24.3 Å². The zero-order valence-electron chi connectivity index (χ0n) is 16.9. The third kappa shape index (κ3) is 8.01. The van der Waals surface area contributed by atoms with Gasteiger partial charge in [-0.05, 0) is 67.4 Å². The third-order valence-electron chi connectivity index (χ3n) is 4.12. The zero-order valence-corrected chi connectivity index (χ0v) is 16.9. The maximum Gasteiger partial charge on any atom is 0.416 e. The molecule has 5 nitrogen and oxygen atoms in total. The molecule has 0 unspecified atom stereocenters. The van der Waals surface area contributed by atoms with Crippen LogP contribution in [0.3, 0.4) is 0 Å². The molecule has 0 aromatic heterocycles. The van der Waals surface area contributed by atoms with Crippen molar-refractivity contribution in [1.82, 2.24) is 0 Å². The van der Waals surface area contributed by atoms with Gasteiger partial charge in [0.2, 0.25) is 0 Å². The molecule has 2 aromatic carbocycles. The fraction of sp³-hybridized carbons (Fsp3) is 0.273. The van der Waals surface area contributed by atoms with Gasteiger partial charge in [0.15, 0.2) is 0 Å². The molecule has 0 aliphatic carbocycles. The maximum atomic E-state index is 12.6. The van der Waals surface area contributed by atoms with Crippen LogP contribution in [0.5, 0.6) is 11.5 Å². The van der Waals surface area contributed by atoms with Gasteiger partial charge in [-0.3, -0.25) is 4.79 Å². The Bertz CT molecular complexity index is 946. The lowest BCUT2D eigenvalue weighted by atomic mass is 10.1. The molecule has 0 N–H and O–H groups in total. The number of carbonyl (C=O) groups is 2. The first-order valence-electron chi connectivity index (χ1n) is 9.35. The fourth-order valence-corrected chi connectivity index (χ4v) is 2.34. The van der Waals surface area contributed by atoms with Crippen LogP contribution in [0.25, 0.3) is 0 Å². The van der Waals surface area contributed by atoms with Gasteiger partial charge in [0.25, 0.3) is 6.08 Å². The average molecular weight is 458 g/mol. The minimum absolute atomic E-state index is 0.0166. The molecule has 0 fully saturated rings.